The monoisotopic (exact) mass is 283 g/mol. The molecule has 104 valence electrons. The van der Waals surface area contributed by atoms with Gasteiger partial charge in [-0.25, -0.2) is 17.9 Å². The average molecular weight is 283 g/mol. The molecule has 5 nitrogen and oxygen atoms in total. The summed E-state index contributed by atoms with van der Waals surface area (Å²) in [5.74, 6) is -1.12. The summed E-state index contributed by atoms with van der Waals surface area (Å²) >= 11 is 0. The van der Waals surface area contributed by atoms with Crippen molar-refractivity contribution < 1.29 is 18.3 Å². The van der Waals surface area contributed by atoms with E-state index in [9.17, 15) is 13.2 Å². The van der Waals surface area contributed by atoms with Gasteiger partial charge < -0.3 is 5.11 Å². The number of carboxylic acids is 1. The minimum absolute atomic E-state index is 0.0144. The van der Waals surface area contributed by atoms with E-state index < -0.39 is 16.0 Å². The van der Waals surface area contributed by atoms with Crippen molar-refractivity contribution in [1.29, 1.82) is 0 Å². The maximum absolute atomic E-state index is 12.2. The van der Waals surface area contributed by atoms with E-state index in [1.54, 1.807) is 0 Å². The normalized spacial score (nSPS) is 17.2. The molecule has 0 heterocycles. The van der Waals surface area contributed by atoms with Crippen LogP contribution < -0.4 is 4.72 Å². The lowest BCUT2D eigenvalue weighted by molar-refractivity contribution is 0.0696. The van der Waals surface area contributed by atoms with Crippen LogP contribution in [-0.4, -0.2) is 26.0 Å². The second-order valence-corrected chi connectivity index (χ2v) is 7.10. The van der Waals surface area contributed by atoms with Gasteiger partial charge in [-0.2, -0.15) is 0 Å². The second-order valence-electron chi connectivity index (χ2n) is 5.37. The maximum atomic E-state index is 12.2. The number of sulfonamides is 1. The van der Waals surface area contributed by atoms with E-state index in [4.69, 9.17) is 5.11 Å². The van der Waals surface area contributed by atoms with Crippen LogP contribution in [0.1, 0.15) is 35.7 Å². The Labute approximate surface area is 112 Å². The van der Waals surface area contributed by atoms with Gasteiger partial charge >= 0.3 is 5.97 Å². The Morgan fingerprint density at radius 1 is 1.42 bits per heavy atom. The van der Waals surface area contributed by atoms with Crippen molar-refractivity contribution in [3.8, 4) is 0 Å². The van der Waals surface area contributed by atoms with E-state index in [1.165, 1.54) is 25.1 Å². The first-order valence-corrected chi connectivity index (χ1v) is 7.56. The Morgan fingerprint density at radius 2 is 2.05 bits per heavy atom. The molecule has 0 aromatic heterocycles. The molecule has 1 saturated carbocycles. The summed E-state index contributed by atoms with van der Waals surface area (Å²) in [4.78, 5) is 11.1. The number of benzene rings is 1. The molecule has 6 heteroatoms. The molecule has 0 atom stereocenters. The molecule has 0 radical (unpaired) electrons. The van der Waals surface area contributed by atoms with Gasteiger partial charge in [-0.05, 0) is 42.9 Å². The summed E-state index contributed by atoms with van der Waals surface area (Å²) in [6.07, 6.45) is 2.04. The van der Waals surface area contributed by atoms with Gasteiger partial charge in [0.1, 0.15) is 0 Å². The molecule has 2 N–H and O–H groups in total. The molecule has 1 aromatic rings. The van der Waals surface area contributed by atoms with Crippen LogP contribution in [0.4, 0.5) is 0 Å². The lowest BCUT2D eigenvalue weighted by Crippen LogP contribution is -2.30. The first-order chi connectivity index (χ1) is 8.75. The van der Waals surface area contributed by atoms with Crippen molar-refractivity contribution >= 4 is 16.0 Å². The molecule has 1 fully saturated rings. The highest BCUT2D eigenvalue weighted by atomic mass is 32.2. The Kier molecular flexibility index (Phi) is 3.40. The molecule has 0 unspecified atom stereocenters. The average Bonchev–Trinajstić information content (AvgIpc) is 3.05. The van der Waals surface area contributed by atoms with Gasteiger partial charge in [0.15, 0.2) is 0 Å². The summed E-state index contributed by atoms with van der Waals surface area (Å²) in [6, 6.07) is 4.28. The third kappa shape index (κ3) is 2.96. The standard InChI is InChI=1S/C13H17NO4S/c1-9-10(12(15)16)4-3-5-11(9)19(17,18)14-8-13(2)6-7-13/h3-5,14H,6-8H2,1-2H3,(H,15,16). The van der Waals surface area contributed by atoms with Crippen LogP contribution in [0.15, 0.2) is 23.1 Å². The van der Waals surface area contributed by atoms with Crippen LogP contribution in [0.2, 0.25) is 0 Å². The number of hydrogen-bond donors (Lipinski definition) is 2. The fraction of sp³-hybridized carbons (Fsp3) is 0.462. The van der Waals surface area contributed by atoms with Gasteiger partial charge in [0.25, 0.3) is 0 Å². The van der Waals surface area contributed by atoms with E-state index in [-0.39, 0.29) is 21.4 Å². The van der Waals surface area contributed by atoms with Crippen LogP contribution in [0.5, 0.6) is 0 Å². The summed E-state index contributed by atoms with van der Waals surface area (Å²) in [5, 5.41) is 9.01. The van der Waals surface area contributed by atoms with Crippen LogP contribution in [0.3, 0.4) is 0 Å². The fourth-order valence-corrected chi connectivity index (χ4v) is 3.34. The van der Waals surface area contributed by atoms with Gasteiger partial charge in [-0.3, -0.25) is 0 Å². The molecule has 1 aliphatic rings. The molecule has 0 bridgehead atoms. The highest BCUT2D eigenvalue weighted by molar-refractivity contribution is 7.89. The Balaban J connectivity index is 2.29. The quantitative estimate of drug-likeness (QED) is 0.862. The lowest BCUT2D eigenvalue weighted by Gasteiger charge is -2.13. The van der Waals surface area contributed by atoms with Crippen molar-refractivity contribution in [2.24, 2.45) is 5.41 Å². The number of hydrogen-bond acceptors (Lipinski definition) is 3. The summed E-state index contributed by atoms with van der Waals surface area (Å²) in [5.41, 5.74) is 0.342. The number of carboxylic acid groups (broad SMARTS) is 1. The molecular weight excluding hydrogens is 266 g/mol. The molecule has 2 rings (SSSR count). The zero-order valence-corrected chi connectivity index (χ0v) is 11.8. The summed E-state index contributed by atoms with van der Waals surface area (Å²) < 4.78 is 27.0. The molecule has 1 aliphatic carbocycles. The van der Waals surface area contributed by atoms with Gasteiger partial charge in [0.05, 0.1) is 10.5 Å². The summed E-state index contributed by atoms with van der Waals surface area (Å²) in [7, 11) is -3.65. The van der Waals surface area contributed by atoms with Crippen molar-refractivity contribution in [3.63, 3.8) is 0 Å². The smallest absolute Gasteiger partial charge is 0.335 e. The van der Waals surface area contributed by atoms with Gasteiger partial charge in [-0.15, -0.1) is 0 Å². The first kappa shape index (κ1) is 14.0. The number of nitrogens with one attached hydrogen (secondary N) is 1. The fourth-order valence-electron chi connectivity index (χ4n) is 1.87. The molecule has 1 aromatic carbocycles. The minimum atomic E-state index is -3.65. The SMILES string of the molecule is Cc1c(C(=O)O)cccc1S(=O)(=O)NCC1(C)CC1. The van der Waals surface area contributed by atoms with E-state index in [1.807, 2.05) is 6.92 Å². The highest BCUT2D eigenvalue weighted by Crippen LogP contribution is 2.44. The van der Waals surface area contributed by atoms with Crippen LogP contribution in [0.25, 0.3) is 0 Å². The molecule has 19 heavy (non-hydrogen) atoms. The van der Waals surface area contributed by atoms with Crippen molar-refractivity contribution in [1.82, 2.24) is 4.72 Å². The number of carbonyl (C=O) groups is 1. The van der Waals surface area contributed by atoms with E-state index in [2.05, 4.69) is 4.72 Å². The third-order valence-electron chi connectivity index (χ3n) is 3.60. The van der Waals surface area contributed by atoms with Crippen molar-refractivity contribution in [3.05, 3.63) is 29.3 Å². The molecule has 0 aliphatic heterocycles. The Bertz CT molecular complexity index is 618. The van der Waals surface area contributed by atoms with Gasteiger partial charge in [0.2, 0.25) is 10.0 Å². The minimum Gasteiger partial charge on any atom is -0.478 e. The number of rotatable bonds is 5. The molecule has 0 spiro atoms. The van der Waals surface area contributed by atoms with Crippen LogP contribution in [-0.2, 0) is 10.0 Å². The molecule has 0 amide bonds. The van der Waals surface area contributed by atoms with Crippen LogP contribution in [0, 0.1) is 12.3 Å². The van der Waals surface area contributed by atoms with E-state index >= 15 is 0 Å². The Morgan fingerprint density at radius 3 is 2.58 bits per heavy atom. The molecule has 0 saturated heterocycles. The molecular formula is C13H17NO4S. The highest BCUT2D eigenvalue weighted by Gasteiger charge is 2.38. The van der Waals surface area contributed by atoms with Gasteiger partial charge in [-0.1, -0.05) is 13.0 Å². The first-order valence-electron chi connectivity index (χ1n) is 6.08. The largest absolute Gasteiger partial charge is 0.478 e. The van der Waals surface area contributed by atoms with Crippen molar-refractivity contribution in [2.75, 3.05) is 6.54 Å². The Hall–Kier alpha value is -1.40. The number of aromatic carboxylic acids is 1. The topological polar surface area (TPSA) is 83.5 Å². The van der Waals surface area contributed by atoms with E-state index in [0.717, 1.165) is 12.8 Å². The van der Waals surface area contributed by atoms with Gasteiger partial charge in [0, 0.05) is 6.54 Å². The maximum Gasteiger partial charge on any atom is 0.335 e. The zero-order valence-electron chi connectivity index (χ0n) is 10.9. The van der Waals surface area contributed by atoms with Crippen LogP contribution >= 0.6 is 0 Å². The predicted octanol–water partition coefficient (Wildman–Crippen LogP) is 1.77. The second kappa shape index (κ2) is 4.61. The van der Waals surface area contributed by atoms with E-state index in [0.29, 0.717) is 6.54 Å². The third-order valence-corrected chi connectivity index (χ3v) is 5.14. The predicted molar refractivity (Wildman–Crippen MR) is 70.7 cm³/mol. The van der Waals surface area contributed by atoms with Crippen molar-refractivity contribution in [2.45, 2.75) is 31.6 Å². The lowest BCUT2D eigenvalue weighted by atomic mass is 10.1. The zero-order chi connectivity index (χ0) is 14.3. The summed E-state index contributed by atoms with van der Waals surface area (Å²) in [6.45, 7) is 3.93.